The molecule has 0 radical (unpaired) electrons. The molecule has 15 rings (SSSR count). The fourth-order valence-corrected chi connectivity index (χ4v) is 11.7. The van der Waals surface area contributed by atoms with E-state index in [1.165, 1.54) is 109 Å². The van der Waals surface area contributed by atoms with Gasteiger partial charge in [-0.1, -0.05) is 182 Å². The first-order chi connectivity index (χ1) is 33.3. The lowest BCUT2D eigenvalue weighted by atomic mass is 9.89. The third-order valence-electron chi connectivity index (χ3n) is 14.5. The molecule has 15 aromatic rings. The normalized spacial score (nSPS) is 12.2. The van der Waals surface area contributed by atoms with Gasteiger partial charge in [0.25, 0.3) is 0 Å². The zero-order chi connectivity index (χ0) is 43.7. The van der Waals surface area contributed by atoms with Gasteiger partial charge >= 0.3 is 0 Å². The summed E-state index contributed by atoms with van der Waals surface area (Å²) in [4.78, 5) is 0. The first kappa shape index (κ1) is 36.4. The lowest BCUT2D eigenvalue weighted by Gasteiger charge is -2.19. The van der Waals surface area contributed by atoms with Gasteiger partial charge in [-0.3, -0.25) is 0 Å². The molecule has 3 aromatic heterocycles. The number of benzene rings is 12. The first-order valence-corrected chi connectivity index (χ1v) is 23.1. The second-order valence-electron chi connectivity index (χ2n) is 17.9. The highest BCUT2D eigenvalue weighted by atomic mass is 16.3. The van der Waals surface area contributed by atoms with Gasteiger partial charge in [0.15, 0.2) is 0 Å². The third kappa shape index (κ3) is 5.06. The van der Waals surface area contributed by atoms with E-state index in [1.807, 2.05) is 0 Å². The van der Waals surface area contributed by atoms with E-state index in [4.69, 9.17) is 4.42 Å². The Hall–Kier alpha value is -8.92. The van der Waals surface area contributed by atoms with Crippen LogP contribution in [-0.4, -0.2) is 9.13 Å². The Bertz CT molecular complexity index is 4360. The molecule has 0 amide bonds. The maximum absolute atomic E-state index is 6.83. The van der Waals surface area contributed by atoms with Gasteiger partial charge in [0.2, 0.25) is 0 Å². The van der Waals surface area contributed by atoms with Gasteiger partial charge in [0.05, 0.1) is 33.4 Å². The van der Waals surface area contributed by atoms with Gasteiger partial charge in [-0.15, -0.1) is 0 Å². The van der Waals surface area contributed by atoms with Crippen molar-refractivity contribution < 1.29 is 4.42 Å². The van der Waals surface area contributed by atoms with Crippen molar-refractivity contribution in [3.63, 3.8) is 0 Å². The van der Waals surface area contributed by atoms with E-state index >= 15 is 0 Å². The molecule has 0 atom stereocenters. The second-order valence-corrected chi connectivity index (χ2v) is 17.9. The van der Waals surface area contributed by atoms with E-state index in [2.05, 4.69) is 240 Å². The monoisotopic (exact) mass is 850 g/mol. The molecule has 3 heteroatoms. The Morgan fingerprint density at radius 1 is 0.224 bits per heavy atom. The highest BCUT2D eigenvalue weighted by molar-refractivity contribution is 6.24. The first-order valence-electron chi connectivity index (χ1n) is 23.1. The van der Waals surface area contributed by atoms with Crippen LogP contribution in [0.2, 0.25) is 0 Å². The summed E-state index contributed by atoms with van der Waals surface area (Å²) in [5.41, 5.74) is 13.7. The fourth-order valence-electron chi connectivity index (χ4n) is 11.7. The highest BCUT2D eigenvalue weighted by Crippen LogP contribution is 2.47. The Labute approximate surface area is 384 Å². The van der Waals surface area contributed by atoms with E-state index in [0.717, 1.165) is 33.1 Å². The van der Waals surface area contributed by atoms with Gasteiger partial charge in [0, 0.05) is 53.9 Å². The van der Waals surface area contributed by atoms with Gasteiger partial charge in [-0.05, 0) is 92.3 Å². The average molecular weight is 851 g/mol. The molecule has 0 N–H and O–H groups in total. The minimum absolute atomic E-state index is 0.876. The van der Waals surface area contributed by atoms with Crippen molar-refractivity contribution in [1.82, 2.24) is 9.13 Å². The van der Waals surface area contributed by atoms with Crippen LogP contribution >= 0.6 is 0 Å². The minimum atomic E-state index is 0.876. The Kier molecular flexibility index (Phi) is 7.50. The Morgan fingerprint density at radius 3 is 0.925 bits per heavy atom. The number of hydrogen-bond donors (Lipinski definition) is 0. The van der Waals surface area contributed by atoms with Crippen LogP contribution in [-0.2, 0) is 0 Å². The van der Waals surface area contributed by atoms with Crippen LogP contribution in [0.5, 0.6) is 0 Å². The van der Waals surface area contributed by atoms with Crippen molar-refractivity contribution in [2.24, 2.45) is 0 Å². The molecule has 310 valence electrons. The third-order valence-corrected chi connectivity index (χ3v) is 14.5. The predicted octanol–water partition coefficient (Wildman–Crippen LogP) is 17.7. The van der Waals surface area contributed by atoms with Gasteiger partial charge in [-0.2, -0.15) is 0 Å². The summed E-state index contributed by atoms with van der Waals surface area (Å²) in [6.45, 7) is 0. The minimum Gasteiger partial charge on any atom is -0.456 e. The molecule has 0 spiro atoms. The van der Waals surface area contributed by atoms with E-state index in [9.17, 15) is 0 Å². The molecule has 0 saturated carbocycles. The zero-order valence-electron chi connectivity index (χ0n) is 36.2. The molecule has 0 aliphatic rings. The van der Waals surface area contributed by atoms with Gasteiger partial charge in [-0.25, -0.2) is 0 Å². The predicted molar refractivity (Wildman–Crippen MR) is 283 cm³/mol. The number of furan rings is 1. The fraction of sp³-hybridized carbons (Fsp3) is 0. The van der Waals surface area contributed by atoms with E-state index in [-0.39, 0.29) is 0 Å². The van der Waals surface area contributed by atoms with Crippen LogP contribution < -0.4 is 0 Å². The molecule has 0 bridgehead atoms. The van der Waals surface area contributed by atoms with Crippen molar-refractivity contribution in [3.05, 3.63) is 231 Å². The standard InChI is InChI=1S/C64H38N2O/c1-5-25-50-46(21-1)61(47-22-2-6-26-51(47)63(50)65-55-29-13-9-17-41(55)42-18-10-14-30-56(42)65)39-34-36-59-54(37-39)45-35-33-40(38-60(45)67-59)62-48-23-3-7-27-52(48)64(53-28-8-4-24-49(53)62)66-57-31-15-11-19-43(57)44-20-12-16-32-58(44)66/h1-38H. The molecule has 12 aromatic carbocycles. The number of fused-ring (bicyclic) bond motifs is 13. The van der Waals surface area contributed by atoms with Gasteiger partial charge in [0.1, 0.15) is 11.2 Å². The van der Waals surface area contributed by atoms with Gasteiger partial charge < -0.3 is 13.6 Å². The molecule has 3 nitrogen and oxygen atoms in total. The van der Waals surface area contributed by atoms with Crippen molar-refractivity contribution in [2.45, 2.75) is 0 Å². The Morgan fingerprint density at radius 2 is 0.537 bits per heavy atom. The topological polar surface area (TPSA) is 23.0 Å². The lowest BCUT2D eigenvalue weighted by molar-refractivity contribution is 0.669. The van der Waals surface area contributed by atoms with Crippen molar-refractivity contribution in [1.29, 1.82) is 0 Å². The lowest BCUT2D eigenvalue weighted by Crippen LogP contribution is -1.99. The van der Waals surface area contributed by atoms with Crippen molar-refractivity contribution in [2.75, 3.05) is 0 Å². The quantitative estimate of drug-likeness (QED) is 0.162. The largest absolute Gasteiger partial charge is 0.456 e. The molecule has 67 heavy (non-hydrogen) atoms. The molecular weight excluding hydrogens is 813 g/mol. The van der Waals surface area contributed by atoms with E-state index < -0.39 is 0 Å². The molecule has 0 aliphatic carbocycles. The number of nitrogens with zero attached hydrogens (tertiary/aromatic N) is 2. The molecule has 0 unspecified atom stereocenters. The van der Waals surface area contributed by atoms with Crippen molar-refractivity contribution in [3.8, 4) is 33.6 Å². The average Bonchev–Trinajstić information content (AvgIpc) is 4.04. The summed E-state index contributed by atoms with van der Waals surface area (Å²) >= 11 is 0. The maximum Gasteiger partial charge on any atom is 0.136 e. The molecule has 0 aliphatic heterocycles. The molecule has 3 heterocycles. The summed E-state index contributed by atoms with van der Waals surface area (Å²) in [7, 11) is 0. The summed E-state index contributed by atoms with van der Waals surface area (Å²) in [5, 5.41) is 16.9. The van der Waals surface area contributed by atoms with Crippen LogP contribution in [0.3, 0.4) is 0 Å². The summed E-state index contributed by atoms with van der Waals surface area (Å²) in [6.07, 6.45) is 0. The second kappa shape index (κ2) is 13.8. The SMILES string of the molecule is c1ccc2c(-n3c4ccccc4c4ccccc43)c3ccccc3c(-c3ccc4c(c3)oc3ccc(-c5c6ccccc6c(-n6c7ccccc7c7ccccc76)c6ccccc56)cc34)c2c1. The van der Waals surface area contributed by atoms with Crippen LogP contribution in [0.4, 0.5) is 0 Å². The molecular formula is C64H38N2O. The van der Waals surface area contributed by atoms with Crippen LogP contribution in [0.25, 0.3) is 142 Å². The highest BCUT2D eigenvalue weighted by Gasteiger charge is 2.23. The summed E-state index contributed by atoms with van der Waals surface area (Å²) in [5.74, 6) is 0. The van der Waals surface area contributed by atoms with Crippen molar-refractivity contribution >= 4 is 109 Å². The van der Waals surface area contributed by atoms with Crippen LogP contribution in [0.1, 0.15) is 0 Å². The van der Waals surface area contributed by atoms with E-state index in [1.54, 1.807) is 0 Å². The number of para-hydroxylation sites is 4. The maximum atomic E-state index is 6.83. The summed E-state index contributed by atoms with van der Waals surface area (Å²) < 4.78 is 11.8. The smallest absolute Gasteiger partial charge is 0.136 e. The molecule has 0 fully saturated rings. The molecule has 0 saturated heterocycles. The number of hydrogen-bond acceptors (Lipinski definition) is 1. The number of rotatable bonds is 4. The summed E-state index contributed by atoms with van der Waals surface area (Å²) in [6, 6.07) is 84.4. The van der Waals surface area contributed by atoms with Crippen LogP contribution in [0, 0.1) is 0 Å². The Balaban J connectivity index is 0.937. The zero-order valence-corrected chi connectivity index (χ0v) is 36.2. The van der Waals surface area contributed by atoms with Crippen LogP contribution in [0.15, 0.2) is 235 Å². The van der Waals surface area contributed by atoms with E-state index in [0.29, 0.717) is 0 Å². The number of aromatic nitrogens is 2.